The van der Waals surface area contributed by atoms with Gasteiger partial charge in [-0.15, -0.1) is 0 Å². The van der Waals surface area contributed by atoms with Crippen LogP contribution in [0.15, 0.2) is 22.7 Å². The molecule has 1 aliphatic heterocycles. The first-order chi connectivity index (χ1) is 6.09. The van der Waals surface area contributed by atoms with Crippen LogP contribution in [0.5, 0.6) is 0 Å². The first kappa shape index (κ1) is 9.09. The zero-order valence-corrected chi connectivity index (χ0v) is 8.37. The molecule has 1 aliphatic rings. The summed E-state index contributed by atoms with van der Waals surface area (Å²) in [6, 6.07) is 4.87. The highest BCUT2D eigenvalue weighted by molar-refractivity contribution is 9.10. The van der Waals surface area contributed by atoms with Gasteiger partial charge in [0, 0.05) is 16.6 Å². The predicted molar refractivity (Wildman–Crippen MR) is 49.7 cm³/mol. The van der Waals surface area contributed by atoms with Gasteiger partial charge in [0.2, 0.25) is 0 Å². The quantitative estimate of drug-likeness (QED) is 0.744. The molecule has 4 heteroatoms. The van der Waals surface area contributed by atoms with Crippen molar-refractivity contribution in [1.29, 1.82) is 0 Å². The number of rotatable bonds is 0. The highest BCUT2D eigenvalue weighted by atomic mass is 79.9. The Kier molecular flexibility index (Phi) is 2.12. The summed E-state index contributed by atoms with van der Waals surface area (Å²) < 4.78 is 27.3. The van der Waals surface area contributed by atoms with E-state index in [-0.39, 0.29) is 12.1 Å². The molecule has 1 nitrogen and oxygen atoms in total. The van der Waals surface area contributed by atoms with Gasteiger partial charge in [-0.1, -0.05) is 22.0 Å². The zero-order chi connectivity index (χ0) is 9.47. The van der Waals surface area contributed by atoms with Crippen LogP contribution in [0.3, 0.4) is 0 Å². The largest absolute Gasteiger partial charge is 0.307 e. The van der Waals surface area contributed by atoms with Gasteiger partial charge in [0.15, 0.2) is 0 Å². The van der Waals surface area contributed by atoms with E-state index >= 15 is 0 Å². The smallest absolute Gasteiger partial charge is 0.285 e. The Morgan fingerprint density at radius 1 is 1.38 bits per heavy atom. The SMILES string of the molecule is FC1(F)CNCc2cc(Br)ccc21. The fourth-order valence-corrected chi connectivity index (χ4v) is 1.92. The minimum absolute atomic E-state index is 0.148. The van der Waals surface area contributed by atoms with E-state index in [1.54, 1.807) is 12.1 Å². The van der Waals surface area contributed by atoms with Crippen molar-refractivity contribution in [2.75, 3.05) is 6.54 Å². The molecular formula is C9H8BrF2N. The standard InChI is InChI=1S/C9H8BrF2N/c10-7-1-2-8-6(3-7)4-13-5-9(8,11)12/h1-3,13H,4-5H2. The molecule has 0 spiro atoms. The predicted octanol–water partition coefficient (Wildman–Crippen LogP) is 2.64. The third-order valence-electron chi connectivity index (χ3n) is 2.12. The maximum absolute atomic E-state index is 13.3. The van der Waals surface area contributed by atoms with Crippen LogP contribution in [0.1, 0.15) is 11.1 Å². The molecule has 0 aromatic heterocycles. The van der Waals surface area contributed by atoms with Crippen LogP contribution in [0, 0.1) is 0 Å². The second-order valence-corrected chi connectivity index (χ2v) is 4.03. The van der Waals surface area contributed by atoms with Crippen molar-refractivity contribution >= 4 is 15.9 Å². The van der Waals surface area contributed by atoms with Crippen LogP contribution >= 0.6 is 15.9 Å². The van der Waals surface area contributed by atoms with E-state index < -0.39 is 5.92 Å². The lowest BCUT2D eigenvalue weighted by atomic mass is 9.98. The Morgan fingerprint density at radius 3 is 2.92 bits per heavy atom. The number of hydrogen-bond acceptors (Lipinski definition) is 1. The Labute approximate surface area is 83.3 Å². The first-order valence-corrected chi connectivity index (χ1v) is 4.76. The third-order valence-corrected chi connectivity index (χ3v) is 2.62. The molecule has 13 heavy (non-hydrogen) atoms. The Balaban J connectivity index is 2.53. The van der Waals surface area contributed by atoms with E-state index in [9.17, 15) is 8.78 Å². The van der Waals surface area contributed by atoms with Crippen molar-refractivity contribution < 1.29 is 8.78 Å². The number of benzene rings is 1. The molecule has 1 aromatic carbocycles. The molecule has 2 rings (SSSR count). The molecule has 0 saturated carbocycles. The van der Waals surface area contributed by atoms with Crippen molar-refractivity contribution in [3.63, 3.8) is 0 Å². The molecule has 0 bridgehead atoms. The lowest BCUT2D eigenvalue weighted by molar-refractivity contribution is -0.0108. The van der Waals surface area contributed by atoms with E-state index in [4.69, 9.17) is 0 Å². The third kappa shape index (κ3) is 1.60. The molecule has 0 fully saturated rings. The number of nitrogens with one attached hydrogen (secondary N) is 1. The van der Waals surface area contributed by atoms with Gasteiger partial charge in [-0.2, -0.15) is 8.78 Å². The van der Waals surface area contributed by atoms with Gasteiger partial charge < -0.3 is 5.32 Å². The van der Waals surface area contributed by atoms with Crippen LogP contribution in [-0.2, 0) is 12.5 Å². The van der Waals surface area contributed by atoms with Gasteiger partial charge in [-0.05, 0) is 17.7 Å². The van der Waals surface area contributed by atoms with Crippen LogP contribution in [0.25, 0.3) is 0 Å². The fraction of sp³-hybridized carbons (Fsp3) is 0.333. The van der Waals surface area contributed by atoms with Gasteiger partial charge >= 0.3 is 0 Å². The van der Waals surface area contributed by atoms with Gasteiger partial charge in [0.05, 0.1) is 6.54 Å². The molecule has 1 aromatic rings. The summed E-state index contributed by atoms with van der Waals surface area (Å²) in [6.45, 7) is 0.256. The zero-order valence-electron chi connectivity index (χ0n) is 6.78. The lowest BCUT2D eigenvalue weighted by Gasteiger charge is -2.25. The molecule has 0 radical (unpaired) electrons. The molecule has 0 unspecified atom stereocenters. The first-order valence-electron chi connectivity index (χ1n) is 3.97. The van der Waals surface area contributed by atoms with Gasteiger partial charge in [-0.3, -0.25) is 0 Å². The summed E-state index contributed by atoms with van der Waals surface area (Å²) in [5.74, 6) is -2.73. The molecule has 1 N–H and O–H groups in total. The average molecular weight is 248 g/mol. The van der Waals surface area contributed by atoms with E-state index in [1.807, 2.05) is 0 Å². The molecule has 0 saturated heterocycles. The highest BCUT2D eigenvalue weighted by Crippen LogP contribution is 2.34. The number of alkyl halides is 2. The molecule has 1 heterocycles. The van der Waals surface area contributed by atoms with E-state index in [1.165, 1.54) is 6.07 Å². The molecule has 70 valence electrons. The summed E-state index contributed by atoms with van der Waals surface area (Å²) in [5.41, 5.74) is 0.820. The average Bonchev–Trinajstić information content (AvgIpc) is 2.02. The maximum atomic E-state index is 13.3. The fourth-order valence-electron chi connectivity index (χ4n) is 1.51. The van der Waals surface area contributed by atoms with Crippen molar-refractivity contribution in [1.82, 2.24) is 5.32 Å². The summed E-state index contributed by atoms with van der Waals surface area (Å²) in [6.07, 6.45) is 0. The summed E-state index contributed by atoms with van der Waals surface area (Å²) >= 11 is 3.26. The van der Waals surface area contributed by atoms with Crippen LogP contribution in [0.2, 0.25) is 0 Å². The van der Waals surface area contributed by atoms with Gasteiger partial charge in [0.1, 0.15) is 0 Å². The minimum Gasteiger partial charge on any atom is -0.307 e. The van der Waals surface area contributed by atoms with Crippen LogP contribution in [0.4, 0.5) is 8.78 Å². The van der Waals surface area contributed by atoms with Crippen molar-refractivity contribution in [3.05, 3.63) is 33.8 Å². The van der Waals surface area contributed by atoms with E-state index in [2.05, 4.69) is 21.2 Å². The highest BCUT2D eigenvalue weighted by Gasteiger charge is 2.36. The Hall–Kier alpha value is -0.480. The normalized spacial score (nSPS) is 19.6. The van der Waals surface area contributed by atoms with Crippen molar-refractivity contribution in [2.24, 2.45) is 0 Å². The molecule has 0 atom stereocenters. The topological polar surface area (TPSA) is 12.0 Å². The van der Waals surface area contributed by atoms with Gasteiger partial charge in [-0.25, -0.2) is 0 Å². The number of halogens is 3. The second kappa shape index (κ2) is 3.03. The molecular weight excluding hydrogens is 240 g/mol. The van der Waals surface area contributed by atoms with E-state index in [0.29, 0.717) is 12.1 Å². The van der Waals surface area contributed by atoms with Gasteiger partial charge in [0.25, 0.3) is 5.92 Å². The summed E-state index contributed by atoms with van der Waals surface area (Å²) in [5, 5.41) is 2.69. The summed E-state index contributed by atoms with van der Waals surface area (Å²) in [4.78, 5) is 0. The number of hydrogen-bond donors (Lipinski definition) is 1. The van der Waals surface area contributed by atoms with Crippen LogP contribution in [-0.4, -0.2) is 6.54 Å². The molecule has 0 amide bonds. The van der Waals surface area contributed by atoms with E-state index in [0.717, 1.165) is 4.47 Å². The maximum Gasteiger partial charge on any atom is 0.285 e. The van der Waals surface area contributed by atoms with Crippen molar-refractivity contribution in [3.8, 4) is 0 Å². The summed E-state index contributed by atoms with van der Waals surface area (Å²) in [7, 11) is 0. The molecule has 0 aliphatic carbocycles. The van der Waals surface area contributed by atoms with Crippen LogP contribution < -0.4 is 5.32 Å². The Bertz CT molecular complexity index is 338. The monoisotopic (exact) mass is 247 g/mol. The number of fused-ring (bicyclic) bond motifs is 1. The minimum atomic E-state index is -2.73. The van der Waals surface area contributed by atoms with Crippen molar-refractivity contribution in [2.45, 2.75) is 12.5 Å². The Morgan fingerprint density at radius 2 is 2.15 bits per heavy atom. The second-order valence-electron chi connectivity index (χ2n) is 3.11. The lowest BCUT2D eigenvalue weighted by Crippen LogP contribution is -2.36.